The highest BCUT2D eigenvalue weighted by atomic mass is 16.6. The fraction of sp³-hybridized carbons (Fsp3) is 0.538. The van der Waals surface area contributed by atoms with Gasteiger partial charge in [0.15, 0.2) is 6.61 Å². The second-order valence-corrected chi connectivity index (χ2v) is 4.54. The lowest BCUT2D eigenvalue weighted by Crippen LogP contribution is -2.15. The van der Waals surface area contributed by atoms with Gasteiger partial charge in [-0.25, -0.2) is 9.59 Å². The van der Waals surface area contributed by atoms with E-state index in [0.29, 0.717) is 11.6 Å². The topological polar surface area (TPSA) is 57.5 Å². The summed E-state index contributed by atoms with van der Waals surface area (Å²) in [7, 11) is 1.26. The summed E-state index contributed by atoms with van der Waals surface area (Å²) < 4.78 is 11.5. The molecule has 1 fully saturated rings. The first-order valence-corrected chi connectivity index (χ1v) is 5.97. The minimum absolute atomic E-state index is 0.345. The van der Waals surface area contributed by atoms with Crippen LogP contribution in [0.25, 0.3) is 0 Å². The highest BCUT2D eigenvalue weighted by Crippen LogP contribution is 2.38. The molecule has 5 heteroatoms. The second kappa shape index (κ2) is 4.84. The molecule has 0 saturated heterocycles. The molecule has 0 N–H and O–H groups in total. The van der Waals surface area contributed by atoms with E-state index in [0.717, 1.165) is 24.2 Å². The fourth-order valence-corrected chi connectivity index (χ4v) is 2.14. The largest absolute Gasteiger partial charge is 0.466 e. The summed E-state index contributed by atoms with van der Waals surface area (Å²) in [5.41, 5.74) is 2.49. The lowest BCUT2D eigenvalue weighted by molar-refractivity contribution is -0.144. The average Bonchev–Trinajstić information content (AvgIpc) is 3.12. The van der Waals surface area contributed by atoms with Crippen molar-refractivity contribution in [2.45, 2.75) is 32.7 Å². The molecule has 0 atom stereocenters. The van der Waals surface area contributed by atoms with E-state index in [9.17, 15) is 9.59 Å². The lowest BCUT2D eigenvalue weighted by Gasteiger charge is -2.07. The molecule has 18 heavy (non-hydrogen) atoms. The molecule has 98 valence electrons. The van der Waals surface area contributed by atoms with E-state index in [1.54, 1.807) is 0 Å². The van der Waals surface area contributed by atoms with Crippen LogP contribution < -0.4 is 0 Å². The van der Waals surface area contributed by atoms with E-state index in [1.807, 2.05) is 19.9 Å². The number of carbonyl (C=O) groups is 2. The summed E-state index contributed by atoms with van der Waals surface area (Å²) in [5, 5.41) is 0. The minimum atomic E-state index is -0.556. The van der Waals surface area contributed by atoms with Gasteiger partial charge < -0.3 is 14.0 Å². The van der Waals surface area contributed by atoms with Crippen molar-refractivity contribution in [1.29, 1.82) is 0 Å². The zero-order valence-electron chi connectivity index (χ0n) is 10.9. The van der Waals surface area contributed by atoms with E-state index < -0.39 is 11.9 Å². The number of rotatable bonds is 4. The molecule has 1 aliphatic carbocycles. The molecule has 5 nitrogen and oxygen atoms in total. The van der Waals surface area contributed by atoms with Crippen LogP contribution in [-0.4, -0.2) is 30.2 Å². The third-order valence-corrected chi connectivity index (χ3v) is 3.17. The predicted octanol–water partition coefficient (Wildman–Crippen LogP) is 1.77. The molecule has 1 heterocycles. The van der Waals surface area contributed by atoms with Crippen molar-refractivity contribution >= 4 is 11.9 Å². The summed E-state index contributed by atoms with van der Waals surface area (Å²) in [5.74, 6) is -1.03. The van der Waals surface area contributed by atoms with Gasteiger partial charge in [-0.1, -0.05) is 0 Å². The molecule has 2 rings (SSSR count). The number of ether oxygens (including phenoxy) is 2. The van der Waals surface area contributed by atoms with E-state index in [1.165, 1.54) is 7.11 Å². The zero-order valence-corrected chi connectivity index (χ0v) is 10.9. The highest BCUT2D eigenvalue weighted by Gasteiger charge is 2.28. The molecule has 0 aliphatic heterocycles. The van der Waals surface area contributed by atoms with E-state index in [-0.39, 0.29) is 6.61 Å². The molecule has 0 aromatic carbocycles. The Morgan fingerprint density at radius 2 is 2.06 bits per heavy atom. The Hall–Kier alpha value is -1.78. The van der Waals surface area contributed by atoms with E-state index in [2.05, 4.69) is 9.30 Å². The Bertz CT molecular complexity index is 485. The van der Waals surface area contributed by atoms with Crippen molar-refractivity contribution in [3.63, 3.8) is 0 Å². The third kappa shape index (κ3) is 2.39. The first kappa shape index (κ1) is 12.7. The first-order valence-electron chi connectivity index (χ1n) is 5.97. The number of esters is 2. The highest BCUT2D eigenvalue weighted by molar-refractivity contribution is 5.92. The van der Waals surface area contributed by atoms with Crippen LogP contribution in [0.1, 0.15) is 40.6 Å². The van der Waals surface area contributed by atoms with Gasteiger partial charge in [0.05, 0.1) is 12.7 Å². The molecular weight excluding hydrogens is 234 g/mol. The second-order valence-electron chi connectivity index (χ2n) is 4.54. The van der Waals surface area contributed by atoms with Crippen LogP contribution in [0.15, 0.2) is 6.07 Å². The molecule has 0 spiro atoms. The minimum Gasteiger partial charge on any atom is -0.466 e. The standard InChI is InChI=1S/C13H17NO4/c1-8-6-11(9(2)14(8)10-4-5-10)13(16)18-7-12(15)17-3/h6,10H,4-5,7H2,1-3H3. The van der Waals surface area contributed by atoms with Crippen molar-refractivity contribution in [3.8, 4) is 0 Å². The smallest absolute Gasteiger partial charge is 0.344 e. The molecule has 1 aliphatic rings. The van der Waals surface area contributed by atoms with Crippen molar-refractivity contribution in [2.24, 2.45) is 0 Å². The Morgan fingerprint density at radius 1 is 1.39 bits per heavy atom. The number of methoxy groups -OCH3 is 1. The van der Waals surface area contributed by atoms with Crippen molar-refractivity contribution in [2.75, 3.05) is 13.7 Å². The Morgan fingerprint density at radius 3 is 2.61 bits per heavy atom. The van der Waals surface area contributed by atoms with Gasteiger partial charge in [-0.2, -0.15) is 0 Å². The van der Waals surface area contributed by atoms with Crippen molar-refractivity contribution in [3.05, 3.63) is 23.0 Å². The van der Waals surface area contributed by atoms with Gasteiger partial charge >= 0.3 is 11.9 Å². The quantitative estimate of drug-likeness (QED) is 0.765. The Labute approximate surface area is 106 Å². The summed E-state index contributed by atoms with van der Waals surface area (Å²) in [6.07, 6.45) is 2.32. The number of carbonyl (C=O) groups excluding carboxylic acids is 2. The molecular formula is C13H17NO4. The van der Waals surface area contributed by atoms with Gasteiger partial charge in [-0.15, -0.1) is 0 Å². The van der Waals surface area contributed by atoms with Gasteiger partial charge in [0, 0.05) is 17.4 Å². The van der Waals surface area contributed by atoms with Crippen LogP contribution in [0.4, 0.5) is 0 Å². The van der Waals surface area contributed by atoms with Crippen LogP contribution >= 0.6 is 0 Å². The normalized spacial score (nSPS) is 14.4. The predicted molar refractivity (Wildman–Crippen MR) is 64.5 cm³/mol. The SMILES string of the molecule is COC(=O)COC(=O)c1cc(C)n(C2CC2)c1C. The molecule has 0 radical (unpaired) electrons. The van der Waals surface area contributed by atoms with Crippen LogP contribution in [0.2, 0.25) is 0 Å². The van der Waals surface area contributed by atoms with Gasteiger partial charge in [0.2, 0.25) is 0 Å². The third-order valence-electron chi connectivity index (χ3n) is 3.17. The van der Waals surface area contributed by atoms with Gasteiger partial charge in [0.25, 0.3) is 0 Å². The van der Waals surface area contributed by atoms with Crippen molar-refractivity contribution in [1.82, 2.24) is 4.57 Å². The number of hydrogen-bond donors (Lipinski definition) is 0. The maximum absolute atomic E-state index is 11.9. The summed E-state index contributed by atoms with van der Waals surface area (Å²) in [4.78, 5) is 22.8. The van der Waals surface area contributed by atoms with Crippen LogP contribution in [-0.2, 0) is 14.3 Å². The molecule has 1 aromatic heterocycles. The van der Waals surface area contributed by atoms with Crippen LogP contribution in [0.3, 0.4) is 0 Å². The van der Waals surface area contributed by atoms with Crippen LogP contribution in [0, 0.1) is 13.8 Å². The Balaban J connectivity index is 2.10. The summed E-state index contributed by atoms with van der Waals surface area (Å²) in [6.45, 7) is 3.53. The molecule has 0 unspecified atom stereocenters. The average molecular weight is 251 g/mol. The number of aromatic nitrogens is 1. The van der Waals surface area contributed by atoms with Gasteiger partial charge in [0.1, 0.15) is 0 Å². The molecule has 0 amide bonds. The maximum atomic E-state index is 11.9. The maximum Gasteiger partial charge on any atom is 0.344 e. The van der Waals surface area contributed by atoms with Crippen molar-refractivity contribution < 1.29 is 19.1 Å². The van der Waals surface area contributed by atoms with Crippen LogP contribution in [0.5, 0.6) is 0 Å². The summed E-state index contributed by atoms with van der Waals surface area (Å²) in [6, 6.07) is 2.33. The van der Waals surface area contributed by atoms with Gasteiger partial charge in [-0.05, 0) is 32.8 Å². The molecule has 1 saturated carbocycles. The summed E-state index contributed by atoms with van der Waals surface area (Å²) >= 11 is 0. The molecule has 1 aromatic rings. The molecule has 0 bridgehead atoms. The number of nitrogens with zero attached hydrogens (tertiary/aromatic N) is 1. The monoisotopic (exact) mass is 251 g/mol. The number of hydrogen-bond acceptors (Lipinski definition) is 4. The Kier molecular flexibility index (Phi) is 3.41. The zero-order chi connectivity index (χ0) is 13.3. The van der Waals surface area contributed by atoms with Gasteiger partial charge in [-0.3, -0.25) is 0 Å². The first-order chi connectivity index (χ1) is 8.54. The lowest BCUT2D eigenvalue weighted by atomic mass is 10.2. The fourth-order valence-electron chi connectivity index (χ4n) is 2.14. The van der Waals surface area contributed by atoms with E-state index >= 15 is 0 Å². The van der Waals surface area contributed by atoms with E-state index in [4.69, 9.17) is 4.74 Å². The number of aryl methyl sites for hydroxylation is 1.